The van der Waals surface area contributed by atoms with Crippen LogP contribution in [0.25, 0.3) is 11.3 Å². The van der Waals surface area contributed by atoms with Crippen molar-refractivity contribution in [2.24, 2.45) is 0 Å². The van der Waals surface area contributed by atoms with Crippen molar-refractivity contribution >= 4 is 42.4 Å². The van der Waals surface area contributed by atoms with Crippen LogP contribution < -0.4 is 5.32 Å². The molecule has 3 aromatic rings. The van der Waals surface area contributed by atoms with Crippen LogP contribution in [-0.4, -0.2) is 25.3 Å². The van der Waals surface area contributed by atoms with E-state index in [1.54, 1.807) is 48.7 Å². The third-order valence-electron chi connectivity index (χ3n) is 4.56. The third kappa shape index (κ3) is 6.42. The molecule has 31 heavy (non-hydrogen) atoms. The summed E-state index contributed by atoms with van der Waals surface area (Å²) >= 11 is 12.1. The zero-order chi connectivity index (χ0) is 22.4. The first-order valence-corrected chi connectivity index (χ1v) is 11.8. The number of aryl methyl sites for hydroxylation is 1. The summed E-state index contributed by atoms with van der Waals surface area (Å²) in [5, 5.41) is 7.64. The lowest BCUT2D eigenvalue weighted by Gasteiger charge is -2.13. The Morgan fingerprint density at radius 2 is 1.74 bits per heavy atom. The predicted molar refractivity (Wildman–Crippen MR) is 121 cm³/mol. The van der Waals surface area contributed by atoms with Gasteiger partial charge in [-0.05, 0) is 42.3 Å². The van der Waals surface area contributed by atoms with E-state index < -0.39 is 7.60 Å². The molecule has 164 valence electrons. The predicted octanol–water partition coefficient (Wildman–Crippen LogP) is 6.21. The van der Waals surface area contributed by atoms with Crippen LogP contribution in [0.15, 0.2) is 53.2 Å². The van der Waals surface area contributed by atoms with Gasteiger partial charge in [0.05, 0.1) is 12.4 Å². The number of rotatable bonds is 9. The Hall–Kier alpha value is -2.15. The average Bonchev–Trinajstić information content (AvgIpc) is 3.22. The molecule has 0 saturated heterocycles. The van der Waals surface area contributed by atoms with Crippen LogP contribution in [0.1, 0.15) is 17.5 Å². The maximum absolute atomic E-state index is 12.4. The van der Waals surface area contributed by atoms with Gasteiger partial charge in [-0.25, -0.2) is 0 Å². The number of carbonyl (C=O) groups is 1. The molecule has 0 radical (unpaired) electrons. The molecule has 0 aliphatic rings. The molecule has 3 rings (SSSR count). The van der Waals surface area contributed by atoms with Gasteiger partial charge in [0.2, 0.25) is 5.91 Å². The second-order valence-corrected chi connectivity index (χ2v) is 9.86. The molecule has 0 fully saturated rings. The number of anilines is 1. The van der Waals surface area contributed by atoms with Crippen LogP contribution in [0.2, 0.25) is 10.0 Å². The highest BCUT2D eigenvalue weighted by Crippen LogP contribution is 2.49. The Labute approximate surface area is 190 Å². The van der Waals surface area contributed by atoms with Crippen LogP contribution in [0, 0.1) is 0 Å². The molecular weight excluding hydrogens is 462 g/mol. The fourth-order valence-corrected chi connectivity index (χ4v) is 4.54. The van der Waals surface area contributed by atoms with Gasteiger partial charge in [-0.2, -0.15) is 0 Å². The molecule has 0 unspecified atom stereocenters. The quantitative estimate of drug-likeness (QED) is 0.364. The number of nitrogens with one attached hydrogen (secondary N) is 1. The minimum atomic E-state index is -3.14. The van der Waals surface area contributed by atoms with E-state index in [9.17, 15) is 9.36 Å². The molecule has 0 spiro atoms. The lowest BCUT2D eigenvalue weighted by atomic mass is 10.1. The largest absolute Gasteiger partial charge is 0.356 e. The first kappa shape index (κ1) is 23.5. The minimum Gasteiger partial charge on any atom is -0.356 e. The number of amides is 1. The van der Waals surface area contributed by atoms with Gasteiger partial charge in [0.25, 0.3) is 0 Å². The molecular formula is C21H21Cl2N2O5P. The smallest absolute Gasteiger partial charge is 0.334 e. The number of hydrogen-bond donors (Lipinski definition) is 1. The second-order valence-electron chi connectivity index (χ2n) is 6.72. The number of halogens is 2. The van der Waals surface area contributed by atoms with Crippen molar-refractivity contribution in [1.82, 2.24) is 5.16 Å². The number of carbonyl (C=O) groups excluding carboxylic acids is 1. The van der Waals surface area contributed by atoms with E-state index in [-0.39, 0.29) is 18.5 Å². The highest BCUT2D eigenvalue weighted by Gasteiger charge is 2.21. The molecule has 1 amide bonds. The lowest BCUT2D eigenvalue weighted by molar-refractivity contribution is -0.116. The lowest BCUT2D eigenvalue weighted by Crippen LogP contribution is -2.12. The van der Waals surface area contributed by atoms with E-state index in [1.807, 2.05) is 0 Å². The van der Waals surface area contributed by atoms with Crippen molar-refractivity contribution in [2.75, 3.05) is 19.5 Å². The zero-order valence-corrected chi connectivity index (χ0v) is 19.3. The molecule has 10 heteroatoms. The van der Waals surface area contributed by atoms with Crippen LogP contribution in [0.5, 0.6) is 0 Å². The summed E-state index contributed by atoms with van der Waals surface area (Å²) in [5.41, 5.74) is 2.88. The van der Waals surface area contributed by atoms with Crippen molar-refractivity contribution < 1.29 is 22.9 Å². The van der Waals surface area contributed by atoms with Crippen LogP contribution in [-0.2, 0) is 31.0 Å². The van der Waals surface area contributed by atoms with Crippen LogP contribution in [0.3, 0.4) is 0 Å². The van der Waals surface area contributed by atoms with E-state index in [4.69, 9.17) is 36.8 Å². The monoisotopic (exact) mass is 482 g/mol. The first-order chi connectivity index (χ1) is 14.8. The van der Waals surface area contributed by atoms with Crippen LogP contribution in [0.4, 0.5) is 5.69 Å². The van der Waals surface area contributed by atoms with Crippen molar-refractivity contribution in [2.45, 2.75) is 19.0 Å². The van der Waals surface area contributed by atoms with E-state index in [0.717, 1.165) is 11.1 Å². The van der Waals surface area contributed by atoms with Crippen molar-refractivity contribution in [3.8, 4) is 11.3 Å². The summed E-state index contributed by atoms with van der Waals surface area (Å²) in [4.78, 5) is 12.4. The maximum Gasteiger partial charge on any atom is 0.334 e. The third-order valence-corrected chi connectivity index (χ3v) is 6.86. The van der Waals surface area contributed by atoms with Crippen molar-refractivity contribution in [3.63, 3.8) is 0 Å². The number of hydrogen-bond acceptors (Lipinski definition) is 6. The normalized spacial score (nSPS) is 11.5. The van der Waals surface area contributed by atoms with Crippen LogP contribution >= 0.6 is 30.8 Å². The van der Waals surface area contributed by atoms with Gasteiger partial charge in [0.1, 0.15) is 0 Å². The highest BCUT2D eigenvalue weighted by atomic mass is 35.5. The Kier molecular flexibility index (Phi) is 7.92. The summed E-state index contributed by atoms with van der Waals surface area (Å²) in [6.45, 7) is 0. The van der Waals surface area contributed by atoms with Gasteiger partial charge in [-0.1, -0.05) is 40.5 Å². The van der Waals surface area contributed by atoms with E-state index in [2.05, 4.69) is 10.5 Å². The molecule has 2 aromatic carbocycles. The second kappa shape index (κ2) is 10.4. The topological polar surface area (TPSA) is 90.7 Å². The van der Waals surface area contributed by atoms with Gasteiger partial charge < -0.3 is 18.9 Å². The summed E-state index contributed by atoms with van der Waals surface area (Å²) < 4.78 is 27.4. The minimum absolute atomic E-state index is 0.151. The molecule has 1 aromatic heterocycles. The zero-order valence-electron chi connectivity index (χ0n) is 16.9. The summed E-state index contributed by atoms with van der Waals surface area (Å²) in [6.07, 6.45) is 2.39. The molecule has 1 N–H and O–H groups in total. The molecule has 0 bridgehead atoms. The Morgan fingerprint density at radius 3 is 2.35 bits per heavy atom. The molecule has 0 atom stereocenters. The fraction of sp³-hybridized carbons (Fsp3) is 0.238. The fourth-order valence-electron chi connectivity index (χ4n) is 2.95. The number of benzene rings is 2. The summed E-state index contributed by atoms with van der Waals surface area (Å²) in [6, 6.07) is 12.1. The first-order valence-electron chi connectivity index (χ1n) is 9.31. The van der Waals surface area contributed by atoms with E-state index >= 15 is 0 Å². The van der Waals surface area contributed by atoms with Gasteiger partial charge >= 0.3 is 7.60 Å². The van der Waals surface area contributed by atoms with Crippen molar-refractivity contribution in [1.29, 1.82) is 0 Å². The Balaban J connectivity index is 1.59. The molecule has 0 saturated carbocycles. The Morgan fingerprint density at radius 1 is 1.10 bits per heavy atom. The average molecular weight is 483 g/mol. The van der Waals surface area contributed by atoms with Gasteiger partial charge in [-0.15, -0.1) is 0 Å². The van der Waals surface area contributed by atoms with Gasteiger partial charge in [0, 0.05) is 47.5 Å². The van der Waals surface area contributed by atoms with E-state index in [1.165, 1.54) is 14.2 Å². The number of aromatic nitrogens is 1. The molecule has 7 nitrogen and oxygen atoms in total. The SMILES string of the molecule is COP(=O)(Cc1ccc(NC(=O)CCc2cnoc2-c2cc(Cl)cc(Cl)c2)cc1)OC. The molecule has 1 heterocycles. The molecule has 0 aliphatic carbocycles. The standard InChI is InChI=1S/C21H21Cl2N2O5P/c1-28-31(27,29-2)13-14-3-6-19(7-4-14)25-20(26)8-5-15-12-24-30-21(15)16-9-17(22)11-18(23)10-16/h3-4,6-7,9-12H,5,8,13H2,1-2H3,(H,25,26). The Bertz CT molecular complexity index is 1070. The van der Waals surface area contributed by atoms with Crippen molar-refractivity contribution in [3.05, 3.63) is 69.8 Å². The van der Waals surface area contributed by atoms with Gasteiger partial charge in [-0.3, -0.25) is 9.36 Å². The molecule has 0 aliphatic heterocycles. The highest BCUT2D eigenvalue weighted by molar-refractivity contribution is 7.52. The number of nitrogens with zero attached hydrogens (tertiary/aromatic N) is 1. The van der Waals surface area contributed by atoms with E-state index in [0.29, 0.717) is 33.5 Å². The maximum atomic E-state index is 12.4. The summed E-state index contributed by atoms with van der Waals surface area (Å²) in [5.74, 6) is 0.366. The van der Waals surface area contributed by atoms with Gasteiger partial charge in [0.15, 0.2) is 5.76 Å². The summed E-state index contributed by atoms with van der Waals surface area (Å²) in [7, 11) is -0.444.